The van der Waals surface area contributed by atoms with E-state index in [1.165, 1.54) is 10.4 Å². The number of halogens is 1. The van der Waals surface area contributed by atoms with E-state index in [9.17, 15) is 0 Å². The number of nitrogens with zero attached hydrogens (tertiary/aromatic N) is 2. The van der Waals surface area contributed by atoms with Gasteiger partial charge >= 0.3 is 0 Å². The SMILES string of the molecule is Cc1ccc(OC2CCN(Cc3cnc(N)s3)CC2)cc1.Cl. The molecule has 120 valence electrons. The van der Waals surface area contributed by atoms with Gasteiger partial charge in [0.15, 0.2) is 5.13 Å². The van der Waals surface area contributed by atoms with Crippen molar-refractivity contribution in [1.29, 1.82) is 0 Å². The van der Waals surface area contributed by atoms with Gasteiger partial charge in [0.1, 0.15) is 11.9 Å². The Morgan fingerprint density at radius 2 is 1.95 bits per heavy atom. The number of aromatic nitrogens is 1. The molecule has 0 spiro atoms. The van der Waals surface area contributed by atoms with E-state index in [4.69, 9.17) is 10.5 Å². The summed E-state index contributed by atoms with van der Waals surface area (Å²) in [6.45, 7) is 5.17. The lowest BCUT2D eigenvalue weighted by molar-refractivity contribution is 0.0973. The molecule has 1 aromatic carbocycles. The Morgan fingerprint density at radius 1 is 1.27 bits per heavy atom. The van der Waals surface area contributed by atoms with Crippen LogP contribution in [0.25, 0.3) is 0 Å². The molecule has 0 atom stereocenters. The predicted octanol–water partition coefficient (Wildman–Crippen LogP) is 3.50. The summed E-state index contributed by atoms with van der Waals surface area (Å²) in [6.07, 6.45) is 4.36. The van der Waals surface area contributed by atoms with Crippen LogP contribution in [-0.4, -0.2) is 29.1 Å². The monoisotopic (exact) mass is 339 g/mol. The molecule has 2 aromatic rings. The van der Waals surface area contributed by atoms with Crippen molar-refractivity contribution in [1.82, 2.24) is 9.88 Å². The second-order valence-electron chi connectivity index (χ2n) is 5.57. The maximum atomic E-state index is 6.06. The lowest BCUT2D eigenvalue weighted by atomic mass is 10.1. The van der Waals surface area contributed by atoms with Crippen molar-refractivity contribution >= 4 is 28.9 Å². The number of aryl methyl sites for hydroxylation is 1. The Hall–Kier alpha value is -1.30. The highest BCUT2D eigenvalue weighted by molar-refractivity contribution is 7.15. The number of nitrogens with two attached hydrogens (primary N) is 1. The highest BCUT2D eigenvalue weighted by Crippen LogP contribution is 2.22. The summed E-state index contributed by atoms with van der Waals surface area (Å²) in [5.74, 6) is 0.981. The zero-order valence-electron chi connectivity index (χ0n) is 12.7. The van der Waals surface area contributed by atoms with Crippen LogP contribution in [0.3, 0.4) is 0 Å². The average molecular weight is 340 g/mol. The van der Waals surface area contributed by atoms with Crippen LogP contribution in [0.1, 0.15) is 23.3 Å². The summed E-state index contributed by atoms with van der Waals surface area (Å²) in [6, 6.07) is 8.31. The zero-order valence-corrected chi connectivity index (χ0v) is 14.3. The summed E-state index contributed by atoms with van der Waals surface area (Å²) in [7, 11) is 0. The van der Waals surface area contributed by atoms with Crippen molar-refractivity contribution in [2.75, 3.05) is 18.8 Å². The Morgan fingerprint density at radius 3 is 2.55 bits per heavy atom. The molecule has 1 saturated heterocycles. The lowest BCUT2D eigenvalue weighted by Gasteiger charge is -2.31. The van der Waals surface area contributed by atoms with Gasteiger partial charge in [-0.25, -0.2) is 4.98 Å². The molecule has 2 N–H and O–H groups in total. The molecule has 0 bridgehead atoms. The normalized spacial score (nSPS) is 16.2. The first-order valence-corrected chi connectivity index (χ1v) is 8.16. The molecular formula is C16H22ClN3OS. The number of hydrogen-bond acceptors (Lipinski definition) is 5. The first kappa shape index (κ1) is 17.1. The Kier molecular flexibility index (Phi) is 6.06. The largest absolute Gasteiger partial charge is 0.490 e. The molecule has 2 heterocycles. The van der Waals surface area contributed by atoms with Crippen LogP contribution in [0.2, 0.25) is 0 Å². The van der Waals surface area contributed by atoms with Gasteiger partial charge in [0.2, 0.25) is 0 Å². The smallest absolute Gasteiger partial charge is 0.180 e. The van der Waals surface area contributed by atoms with E-state index in [1.54, 1.807) is 11.3 Å². The molecule has 4 nitrogen and oxygen atoms in total. The third-order valence-electron chi connectivity index (χ3n) is 3.81. The Balaban J connectivity index is 0.00000176. The van der Waals surface area contributed by atoms with Crippen LogP contribution < -0.4 is 10.5 Å². The third kappa shape index (κ3) is 4.60. The number of hydrogen-bond donors (Lipinski definition) is 1. The molecule has 1 aliphatic heterocycles. The van der Waals surface area contributed by atoms with Crippen LogP contribution in [0.15, 0.2) is 30.5 Å². The van der Waals surface area contributed by atoms with Crippen molar-refractivity contribution in [3.63, 3.8) is 0 Å². The minimum atomic E-state index is 0. The molecule has 3 rings (SSSR count). The fraction of sp³-hybridized carbons (Fsp3) is 0.438. The Bertz CT molecular complexity index is 579. The van der Waals surface area contributed by atoms with Gasteiger partial charge in [-0.1, -0.05) is 17.7 Å². The molecule has 1 aromatic heterocycles. The first-order chi connectivity index (χ1) is 10.2. The number of piperidine rings is 1. The van der Waals surface area contributed by atoms with Crippen molar-refractivity contribution in [3.8, 4) is 5.75 Å². The average Bonchev–Trinajstić information content (AvgIpc) is 2.89. The zero-order chi connectivity index (χ0) is 14.7. The summed E-state index contributed by atoms with van der Waals surface area (Å²) in [4.78, 5) is 7.79. The number of thiazole rings is 1. The molecule has 0 aliphatic carbocycles. The number of rotatable bonds is 4. The second-order valence-corrected chi connectivity index (χ2v) is 6.72. The van der Waals surface area contributed by atoms with Gasteiger partial charge in [-0.15, -0.1) is 23.7 Å². The maximum Gasteiger partial charge on any atom is 0.180 e. The van der Waals surface area contributed by atoms with Crippen molar-refractivity contribution in [3.05, 3.63) is 40.9 Å². The van der Waals surface area contributed by atoms with Gasteiger partial charge in [0.25, 0.3) is 0 Å². The van der Waals surface area contributed by atoms with Gasteiger partial charge in [-0.3, -0.25) is 4.90 Å². The molecular weight excluding hydrogens is 318 g/mol. The standard InChI is InChI=1S/C16H21N3OS.ClH/c1-12-2-4-13(5-3-12)20-14-6-8-19(9-7-14)11-15-10-18-16(17)21-15;/h2-5,10,14H,6-9,11H2,1H3,(H2,17,18);1H. The first-order valence-electron chi connectivity index (χ1n) is 7.35. The highest BCUT2D eigenvalue weighted by atomic mass is 35.5. The van der Waals surface area contributed by atoms with Crippen LogP contribution in [0, 0.1) is 6.92 Å². The van der Waals surface area contributed by atoms with Crippen molar-refractivity contribution in [2.45, 2.75) is 32.4 Å². The fourth-order valence-electron chi connectivity index (χ4n) is 2.61. The van der Waals surface area contributed by atoms with Crippen molar-refractivity contribution in [2.24, 2.45) is 0 Å². The summed E-state index contributed by atoms with van der Waals surface area (Å²) >= 11 is 1.58. The van der Waals surface area contributed by atoms with Crippen molar-refractivity contribution < 1.29 is 4.74 Å². The molecule has 1 aliphatic rings. The molecule has 0 saturated carbocycles. The van der Waals surface area contributed by atoms with E-state index in [2.05, 4.69) is 41.1 Å². The van der Waals surface area contributed by atoms with E-state index >= 15 is 0 Å². The number of ether oxygens (including phenoxy) is 1. The van der Waals surface area contributed by atoms with Gasteiger partial charge in [-0.05, 0) is 31.9 Å². The fourth-order valence-corrected chi connectivity index (χ4v) is 3.34. The molecule has 0 amide bonds. The van der Waals surface area contributed by atoms with Crippen LogP contribution in [-0.2, 0) is 6.54 Å². The highest BCUT2D eigenvalue weighted by Gasteiger charge is 2.21. The number of nitrogen functional groups attached to an aromatic ring is 1. The summed E-state index contributed by atoms with van der Waals surface area (Å²) < 4.78 is 6.06. The van der Waals surface area contributed by atoms with Gasteiger partial charge in [0, 0.05) is 30.7 Å². The predicted molar refractivity (Wildman–Crippen MR) is 93.9 cm³/mol. The number of benzene rings is 1. The van der Waals surface area contributed by atoms with E-state index in [1.807, 2.05) is 6.20 Å². The Labute approximate surface area is 141 Å². The van der Waals surface area contributed by atoms with E-state index in [0.717, 1.165) is 38.2 Å². The van der Waals surface area contributed by atoms with E-state index in [0.29, 0.717) is 11.2 Å². The summed E-state index contributed by atoms with van der Waals surface area (Å²) in [5, 5.41) is 0.655. The molecule has 6 heteroatoms. The second kappa shape index (κ2) is 7.81. The molecule has 22 heavy (non-hydrogen) atoms. The lowest BCUT2D eigenvalue weighted by Crippen LogP contribution is -2.37. The van der Waals surface area contributed by atoms with E-state index in [-0.39, 0.29) is 12.4 Å². The minimum Gasteiger partial charge on any atom is -0.490 e. The number of anilines is 1. The van der Waals surface area contributed by atoms with Gasteiger partial charge in [0.05, 0.1) is 0 Å². The summed E-state index contributed by atoms with van der Waals surface area (Å²) in [5.41, 5.74) is 6.94. The third-order valence-corrected chi connectivity index (χ3v) is 4.62. The molecule has 1 fully saturated rings. The van der Waals surface area contributed by atoms with E-state index < -0.39 is 0 Å². The number of likely N-dealkylation sites (tertiary alicyclic amines) is 1. The van der Waals surface area contributed by atoms with Gasteiger partial charge in [-0.2, -0.15) is 0 Å². The quantitative estimate of drug-likeness (QED) is 0.926. The minimum absolute atomic E-state index is 0. The topological polar surface area (TPSA) is 51.4 Å². The molecule has 0 radical (unpaired) electrons. The van der Waals surface area contributed by atoms with Crippen LogP contribution in [0.5, 0.6) is 5.75 Å². The maximum absolute atomic E-state index is 6.06. The van der Waals surface area contributed by atoms with Crippen LogP contribution in [0.4, 0.5) is 5.13 Å². The molecule has 0 unspecified atom stereocenters. The van der Waals surface area contributed by atoms with Gasteiger partial charge < -0.3 is 10.5 Å². The van der Waals surface area contributed by atoms with Crippen LogP contribution >= 0.6 is 23.7 Å².